The zero-order valence-corrected chi connectivity index (χ0v) is 10.2. The van der Waals surface area contributed by atoms with E-state index in [0.29, 0.717) is 0 Å². The molecule has 1 heterocycles. The highest BCUT2D eigenvalue weighted by Crippen LogP contribution is 2.14. The number of nitrogens with one attached hydrogen (secondary N) is 3. The van der Waals surface area contributed by atoms with E-state index in [0.717, 1.165) is 27.8 Å². The summed E-state index contributed by atoms with van der Waals surface area (Å²) in [6, 6.07) is 8.06. The fourth-order valence-corrected chi connectivity index (χ4v) is 2.19. The van der Waals surface area contributed by atoms with Gasteiger partial charge in [0.25, 0.3) is 0 Å². The third-order valence-electron chi connectivity index (χ3n) is 2.25. The normalized spacial score (nSPS) is 12.0. The molecule has 0 radical (unpaired) electrons. The molecular formula is C11H15N4S+. The molecule has 4 nitrogen and oxygen atoms in total. The van der Waals surface area contributed by atoms with Gasteiger partial charge in [0.1, 0.15) is 5.82 Å². The number of H-pyrrole nitrogens is 1. The van der Waals surface area contributed by atoms with Crippen molar-refractivity contribution >= 4 is 28.0 Å². The van der Waals surface area contributed by atoms with Crippen LogP contribution in [0.4, 0.5) is 0 Å². The molecule has 0 aliphatic rings. The van der Waals surface area contributed by atoms with Gasteiger partial charge in [0.05, 0.1) is 30.9 Å². The van der Waals surface area contributed by atoms with Gasteiger partial charge in [-0.1, -0.05) is 12.1 Å². The summed E-state index contributed by atoms with van der Waals surface area (Å²) < 4.78 is 0. The summed E-state index contributed by atoms with van der Waals surface area (Å²) in [5.41, 5.74) is 2.11. The maximum Gasteiger partial charge on any atom is 0.304 e. The van der Waals surface area contributed by atoms with Crippen molar-refractivity contribution in [1.29, 1.82) is 0 Å². The third-order valence-corrected chi connectivity index (χ3v) is 3.36. The van der Waals surface area contributed by atoms with Gasteiger partial charge in [-0.2, -0.15) is 0 Å². The smallest absolute Gasteiger partial charge is 0.304 e. The van der Waals surface area contributed by atoms with Crippen molar-refractivity contribution in [3.05, 3.63) is 30.1 Å². The number of para-hydroxylation sites is 2. The first-order chi connectivity index (χ1) is 7.83. The van der Waals surface area contributed by atoms with Crippen LogP contribution in [0.2, 0.25) is 0 Å². The van der Waals surface area contributed by atoms with Crippen molar-refractivity contribution in [3.8, 4) is 0 Å². The molecule has 16 heavy (non-hydrogen) atoms. The van der Waals surface area contributed by atoms with Gasteiger partial charge in [-0.25, -0.2) is 4.98 Å². The third kappa shape index (κ3) is 2.36. The van der Waals surface area contributed by atoms with Crippen LogP contribution in [0.1, 0.15) is 5.82 Å². The molecule has 0 saturated carbocycles. The first-order valence-electron chi connectivity index (χ1n) is 5.12. The summed E-state index contributed by atoms with van der Waals surface area (Å²) >= 11 is 1.69. The van der Waals surface area contributed by atoms with E-state index in [-0.39, 0.29) is 0 Å². The standard InChI is InChI=1S/C11H14N4S/c1-12-11(13-2)16-7-10-14-8-5-3-4-6-9(8)15-10/h3-6H,7H2,1-2H3,(H,12,13)(H,14,15)/p+1. The molecule has 0 aliphatic carbocycles. The van der Waals surface area contributed by atoms with Gasteiger partial charge in [0.2, 0.25) is 0 Å². The Morgan fingerprint density at radius 1 is 1.50 bits per heavy atom. The van der Waals surface area contributed by atoms with E-state index >= 15 is 0 Å². The summed E-state index contributed by atoms with van der Waals surface area (Å²) in [6.07, 6.45) is 0. The Balaban J connectivity index is 2.10. The molecule has 0 unspecified atom stereocenters. The number of rotatable bonds is 2. The van der Waals surface area contributed by atoms with Crippen LogP contribution in [0.3, 0.4) is 0 Å². The summed E-state index contributed by atoms with van der Waals surface area (Å²) in [7, 11) is 3.80. The molecule has 2 rings (SSSR count). The molecule has 84 valence electrons. The predicted octanol–water partition coefficient (Wildman–Crippen LogP) is 0.0819. The second kappa shape index (κ2) is 5.03. The molecule has 0 amide bonds. The van der Waals surface area contributed by atoms with E-state index in [1.165, 1.54) is 0 Å². The molecule has 1 aromatic heterocycles. The fraction of sp³-hybridized carbons (Fsp3) is 0.273. The lowest BCUT2D eigenvalue weighted by Gasteiger charge is -1.95. The molecule has 1 aromatic carbocycles. The topological polar surface area (TPSA) is 54.7 Å². The van der Waals surface area contributed by atoms with Crippen molar-refractivity contribution < 1.29 is 4.99 Å². The van der Waals surface area contributed by atoms with Crippen LogP contribution in [0.15, 0.2) is 24.3 Å². The molecule has 5 heteroatoms. The minimum absolute atomic E-state index is 0.825. The Bertz CT molecular complexity index is 470. The fourth-order valence-electron chi connectivity index (χ4n) is 1.48. The highest BCUT2D eigenvalue weighted by atomic mass is 32.2. The Labute approximate surface area is 98.6 Å². The molecule has 3 N–H and O–H groups in total. The minimum Gasteiger partial charge on any atom is -0.341 e. The van der Waals surface area contributed by atoms with Crippen molar-refractivity contribution in [1.82, 2.24) is 15.3 Å². The monoisotopic (exact) mass is 235 g/mol. The highest BCUT2D eigenvalue weighted by molar-refractivity contribution is 8.12. The van der Waals surface area contributed by atoms with Gasteiger partial charge < -0.3 is 4.98 Å². The van der Waals surface area contributed by atoms with Gasteiger partial charge in [-0.05, 0) is 23.9 Å². The second-order valence-electron chi connectivity index (χ2n) is 3.32. The number of benzene rings is 1. The maximum absolute atomic E-state index is 4.51. The lowest BCUT2D eigenvalue weighted by molar-refractivity contribution is -0.418. The highest BCUT2D eigenvalue weighted by Gasteiger charge is 2.06. The largest absolute Gasteiger partial charge is 0.341 e. The van der Waals surface area contributed by atoms with Crippen LogP contribution >= 0.6 is 11.8 Å². The number of aromatic nitrogens is 2. The van der Waals surface area contributed by atoms with Crippen LogP contribution in [0, 0.1) is 0 Å². The number of hydrogen-bond acceptors (Lipinski definition) is 2. The quantitative estimate of drug-likeness (QED) is 0.510. The Kier molecular flexibility index (Phi) is 3.46. The van der Waals surface area contributed by atoms with E-state index in [1.54, 1.807) is 11.8 Å². The van der Waals surface area contributed by atoms with E-state index in [1.807, 2.05) is 38.4 Å². The van der Waals surface area contributed by atoms with Gasteiger partial charge in [0.15, 0.2) is 0 Å². The average molecular weight is 235 g/mol. The second-order valence-corrected chi connectivity index (χ2v) is 4.30. The van der Waals surface area contributed by atoms with Crippen LogP contribution in [-0.4, -0.2) is 29.2 Å². The van der Waals surface area contributed by atoms with Crippen LogP contribution in [-0.2, 0) is 5.75 Å². The van der Waals surface area contributed by atoms with Crippen molar-refractivity contribution in [2.75, 3.05) is 14.1 Å². The van der Waals surface area contributed by atoms with Gasteiger partial charge >= 0.3 is 5.17 Å². The SMILES string of the molecule is CNC(=[NH+]C)SCc1nc2ccccc2[nH]1. The zero-order valence-electron chi connectivity index (χ0n) is 9.37. The number of aromatic amines is 1. The Hall–Kier alpha value is -1.49. The number of thioether (sulfide) groups is 1. The molecule has 0 aliphatic heterocycles. The first kappa shape index (κ1) is 11.0. The minimum atomic E-state index is 0.825. The maximum atomic E-state index is 4.51. The molecule has 0 fully saturated rings. The first-order valence-corrected chi connectivity index (χ1v) is 6.11. The van der Waals surface area contributed by atoms with Crippen molar-refractivity contribution in [2.24, 2.45) is 0 Å². The molecule has 0 atom stereocenters. The Morgan fingerprint density at radius 3 is 3.00 bits per heavy atom. The number of imidazole rings is 1. The molecule has 0 spiro atoms. The molecule has 2 aromatic rings. The number of amidine groups is 1. The number of fused-ring (bicyclic) bond motifs is 1. The van der Waals surface area contributed by atoms with E-state index < -0.39 is 0 Å². The lowest BCUT2D eigenvalue weighted by Crippen LogP contribution is -2.70. The molecular weight excluding hydrogens is 220 g/mol. The van der Waals surface area contributed by atoms with Crippen molar-refractivity contribution in [3.63, 3.8) is 0 Å². The van der Waals surface area contributed by atoms with Crippen LogP contribution < -0.4 is 10.3 Å². The van der Waals surface area contributed by atoms with Crippen LogP contribution in [0.25, 0.3) is 11.0 Å². The molecule has 0 saturated heterocycles. The van der Waals surface area contributed by atoms with Gasteiger partial charge in [0, 0.05) is 0 Å². The summed E-state index contributed by atoms with van der Waals surface area (Å²) in [6.45, 7) is 0. The van der Waals surface area contributed by atoms with Crippen molar-refractivity contribution in [2.45, 2.75) is 5.75 Å². The lowest BCUT2D eigenvalue weighted by atomic mass is 10.3. The Morgan fingerprint density at radius 2 is 2.31 bits per heavy atom. The average Bonchev–Trinajstić information content (AvgIpc) is 2.73. The van der Waals surface area contributed by atoms with E-state index in [2.05, 4.69) is 20.3 Å². The van der Waals surface area contributed by atoms with E-state index in [9.17, 15) is 0 Å². The zero-order chi connectivity index (χ0) is 11.4. The van der Waals surface area contributed by atoms with Crippen LogP contribution in [0.5, 0.6) is 0 Å². The summed E-state index contributed by atoms with van der Waals surface area (Å²) in [4.78, 5) is 10.9. The summed E-state index contributed by atoms with van der Waals surface area (Å²) in [5.74, 6) is 1.82. The summed E-state index contributed by atoms with van der Waals surface area (Å²) in [5, 5.41) is 4.12. The number of hydrogen-bond donors (Lipinski definition) is 3. The van der Waals surface area contributed by atoms with Gasteiger partial charge in [-0.3, -0.25) is 10.3 Å². The van der Waals surface area contributed by atoms with Gasteiger partial charge in [-0.15, -0.1) is 0 Å². The molecule has 0 bridgehead atoms. The predicted molar refractivity (Wildman–Crippen MR) is 68.3 cm³/mol. The number of nitrogens with zero attached hydrogens (tertiary/aromatic N) is 1. The van der Waals surface area contributed by atoms with E-state index in [4.69, 9.17) is 0 Å².